The van der Waals surface area contributed by atoms with Gasteiger partial charge in [-0.3, -0.25) is 0 Å². The molecule has 0 aliphatic heterocycles. The second-order valence-electron chi connectivity index (χ2n) is 1.41. The Hall–Kier alpha value is -0.330. The van der Waals surface area contributed by atoms with Crippen molar-refractivity contribution in [3.8, 4) is 0 Å². The normalized spacial score (nSPS) is 16.7. The van der Waals surface area contributed by atoms with E-state index in [0.29, 0.717) is 0 Å². The summed E-state index contributed by atoms with van der Waals surface area (Å²) in [4.78, 5) is 0. The fourth-order valence-electron chi connectivity index (χ4n) is 0.250. The molecule has 0 aromatic carbocycles. The van der Waals surface area contributed by atoms with E-state index < -0.39 is 0 Å². The van der Waals surface area contributed by atoms with Crippen LogP contribution in [-0.4, -0.2) is 6.72 Å². The van der Waals surface area contributed by atoms with E-state index in [2.05, 4.69) is 6.72 Å². The predicted octanol–water partition coefficient (Wildman–Crippen LogP) is 1.83. The standard InChI is InChI=1S/C4H8.CH3N/c1-2-4-3-1;1-2/h1-4H2;2H,1H2. The molecule has 0 atom stereocenters. The Morgan fingerprint density at radius 1 is 0.833 bits per heavy atom. The summed E-state index contributed by atoms with van der Waals surface area (Å²) in [6.45, 7) is 2.50. The molecule has 1 aliphatic rings. The highest BCUT2D eigenvalue weighted by Gasteiger charge is 1.95. The summed E-state index contributed by atoms with van der Waals surface area (Å²) < 4.78 is 0. The van der Waals surface area contributed by atoms with Gasteiger partial charge in [0.2, 0.25) is 0 Å². The molecule has 36 valence electrons. The van der Waals surface area contributed by atoms with Crippen LogP contribution in [0.25, 0.3) is 0 Å². The summed E-state index contributed by atoms with van der Waals surface area (Å²) in [6, 6.07) is 0. The van der Waals surface area contributed by atoms with Crippen molar-refractivity contribution < 1.29 is 0 Å². The molecule has 1 saturated carbocycles. The number of hydrogen-bond acceptors (Lipinski definition) is 1. The lowest BCUT2D eigenvalue weighted by atomic mass is 10.0. The highest BCUT2D eigenvalue weighted by Crippen LogP contribution is 2.15. The van der Waals surface area contributed by atoms with Gasteiger partial charge < -0.3 is 5.41 Å². The van der Waals surface area contributed by atoms with E-state index in [-0.39, 0.29) is 0 Å². The Balaban J connectivity index is 0.000000112. The first-order valence-electron chi connectivity index (χ1n) is 2.35. The molecule has 0 unspecified atom stereocenters. The number of hydrogen-bond donors (Lipinski definition) is 1. The molecule has 0 amide bonds. The molecule has 0 aromatic rings. The Kier molecular flexibility index (Phi) is 4.41. The van der Waals surface area contributed by atoms with Crippen molar-refractivity contribution in [2.45, 2.75) is 25.7 Å². The average molecular weight is 85.2 g/mol. The maximum absolute atomic E-state index is 5.50. The highest BCUT2D eigenvalue weighted by molar-refractivity contribution is 5.15. The van der Waals surface area contributed by atoms with Crippen molar-refractivity contribution in [1.82, 2.24) is 0 Å². The van der Waals surface area contributed by atoms with Gasteiger partial charge in [-0.05, 0) is 6.72 Å². The highest BCUT2D eigenvalue weighted by atomic mass is 14.2. The SMILES string of the molecule is C1CCC1.C=N. The minimum atomic E-state index is 1.50. The summed E-state index contributed by atoms with van der Waals surface area (Å²) in [5, 5.41) is 5.50. The summed E-state index contributed by atoms with van der Waals surface area (Å²) in [6.07, 6.45) is 6.00. The number of nitrogens with one attached hydrogen (secondary N) is 1. The van der Waals surface area contributed by atoms with Crippen LogP contribution in [0, 0.1) is 5.41 Å². The zero-order chi connectivity index (χ0) is 4.83. The maximum atomic E-state index is 5.50. The van der Waals surface area contributed by atoms with E-state index >= 15 is 0 Å². The molecule has 6 heavy (non-hydrogen) atoms. The lowest BCUT2D eigenvalue weighted by Crippen LogP contribution is -1.85. The fourth-order valence-corrected chi connectivity index (χ4v) is 0.250. The third kappa shape index (κ3) is 1.94. The third-order valence-electron chi connectivity index (χ3n) is 1.000. The smallest absolute Gasteiger partial charge is 0.0187 e. The van der Waals surface area contributed by atoms with Crippen molar-refractivity contribution >= 4 is 6.72 Å². The molecule has 1 nitrogen and oxygen atoms in total. The quantitative estimate of drug-likeness (QED) is 0.434. The van der Waals surface area contributed by atoms with Gasteiger partial charge in [-0.2, -0.15) is 0 Å². The van der Waals surface area contributed by atoms with E-state index in [9.17, 15) is 0 Å². The molecule has 1 aliphatic carbocycles. The van der Waals surface area contributed by atoms with E-state index in [1.165, 1.54) is 25.7 Å². The van der Waals surface area contributed by atoms with E-state index in [4.69, 9.17) is 5.41 Å². The zero-order valence-corrected chi connectivity index (χ0v) is 4.04. The minimum Gasteiger partial charge on any atom is -0.317 e. The van der Waals surface area contributed by atoms with Crippen LogP contribution >= 0.6 is 0 Å². The molecule has 0 bridgehead atoms. The minimum absolute atomic E-state index is 1.50. The molecule has 0 spiro atoms. The molecule has 0 heterocycles. The summed E-state index contributed by atoms with van der Waals surface area (Å²) in [5.74, 6) is 0. The Morgan fingerprint density at radius 3 is 1.00 bits per heavy atom. The predicted molar refractivity (Wildman–Crippen MR) is 28.3 cm³/mol. The molecular formula is C5H11N. The van der Waals surface area contributed by atoms with Gasteiger partial charge in [0.05, 0.1) is 0 Å². The van der Waals surface area contributed by atoms with Crippen molar-refractivity contribution in [2.75, 3.05) is 0 Å². The van der Waals surface area contributed by atoms with Gasteiger partial charge in [-0.15, -0.1) is 0 Å². The second kappa shape index (κ2) is 4.67. The summed E-state index contributed by atoms with van der Waals surface area (Å²) in [5.41, 5.74) is 0. The topological polar surface area (TPSA) is 23.9 Å². The third-order valence-corrected chi connectivity index (χ3v) is 1.000. The van der Waals surface area contributed by atoms with Gasteiger partial charge >= 0.3 is 0 Å². The van der Waals surface area contributed by atoms with Crippen LogP contribution in [0.5, 0.6) is 0 Å². The maximum Gasteiger partial charge on any atom is -0.0187 e. The van der Waals surface area contributed by atoms with Crippen LogP contribution in [0.4, 0.5) is 0 Å². The van der Waals surface area contributed by atoms with Crippen LogP contribution in [0.1, 0.15) is 25.7 Å². The monoisotopic (exact) mass is 85.1 g/mol. The van der Waals surface area contributed by atoms with Crippen LogP contribution in [0.15, 0.2) is 0 Å². The first-order chi connectivity index (χ1) is 3.00. The van der Waals surface area contributed by atoms with Crippen LogP contribution in [0.3, 0.4) is 0 Å². The average Bonchev–Trinajstić information content (AvgIpc) is 1.36. The lowest BCUT2D eigenvalue weighted by Gasteiger charge is -2.05. The van der Waals surface area contributed by atoms with Crippen LogP contribution in [-0.2, 0) is 0 Å². The van der Waals surface area contributed by atoms with Gasteiger partial charge in [-0.25, -0.2) is 0 Å². The molecule has 1 N–H and O–H groups in total. The molecular weight excluding hydrogens is 74.1 g/mol. The first-order valence-corrected chi connectivity index (χ1v) is 2.35. The van der Waals surface area contributed by atoms with Crippen molar-refractivity contribution in [1.29, 1.82) is 5.41 Å². The van der Waals surface area contributed by atoms with Crippen LogP contribution in [0.2, 0.25) is 0 Å². The van der Waals surface area contributed by atoms with E-state index in [0.717, 1.165) is 0 Å². The van der Waals surface area contributed by atoms with E-state index in [1.54, 1.807) is 0 Å². The molecule has 1 fully saturated rings. The molecule has 1 rings (SSSR count). The van der Waals surface area contributed by atoms with Gasteiger partial charge in [0.1, 0.15) is 0 Å². The van der Waals surface area contributed by atoms with Gasteiger partial charge in [0.25, 0.3) is 0 Å². The van der Waals surface area contributed by atoms with Gasteiger partial charge in [-0.1, -0.05) is 25.7 Å². The Morgan fingerprint density at radius 2 is 1.00 bits per heavy atom. The lowest BCUT2D eigenvalue weighted by molar-refractivity contribution is 0.504. The van der Waals surface area contributed by atoms with E-state index in [1.807, 2.05) is 0 Å². The Bertz CT molecular complexity index is 19.1. The summed E-state index contributed by atoms with van der Waals surface area (Å²) >= 11 is 0. The summed E-state index contributed by atoms with van der Waals surface area (Å²) in [7, 11) is 0. The fraction of sp³-hybridized carbons (Fsp3) is 0.800. The van der Waals surface area contributed by atoms with Crippen LogP contribution < -0.4 is 0 Å². The van der Waals surface area contributed by atoms with Crippen molar-refractivity contribution in [3.05, 3.63) is 0 Å². The Labute approximate surface area is 38.9 Å². The number of rotatable bonds is 0. The molecule has 0 radical (unpaired) electrons. The van der Waals surface area contributed by atoms with Gasteiger partial charge in [0, 0.05) is 0 Å². The molecule has 0 saturated heterocycles. The van der Waals surface area contributed by atoms with Gasteiger partial charge in [0.15, 0.2) is 0 Å². The first kappa shape index (κ1) is 5.67. The second-order valence-corrected chi connectivity index (χ2v) is 1.41. The molecule has 0 aromatic heterocycles. The zero-order valence-electron chi connectivity index (χ0n) is 4.04. The largest absolute Gasteiger partial charge is 0.317 e. The van der Waals surface area contributed by atoms with Crippen molar-refractivity contribution in [3.63, 3.8) is 0 Å². The molecule has 1 heteroatoms. The van der Waals surface area contributed by atoms with Crippen molar-refractivity contribution in [2.24, 2.45) is 0 Å².